The van der Waals surface area contributed by atoms with Gasteiger partial charge in [0.2, 0.25) is 0 Å². The van der Waals surface area contributed by atoms with Gasteiger partial charge in [-0.25, -0.2) is 0 Å². The van der Waals surface area contributed by atoms with Crippen molar-refractivity contribution in [1.29, 1.82) is 0 Å². The first-order valence-corrected chi connectivity index (χ1v) is 3.76. The topological polar surface area (TPSA) is 21.3 Å². The fourth-order valence-corrected chi connectivity index (χ4v) is 0.949. The zero-order valence-electron chi connectivity index (χ0n) is 7.77. The van der Waals surface area contributed by atoms with Crippen LogP contribution in [0.25, 0.3) is 0 Å². The zero-order chi connectivity index (χ0) is 8.91. The summed E-state index contributed by atoms with van der Waals surface area (Å²) in [7, 11) is 1.68. The molecule has 0 fully saturated rings. The fourth-order valence-electron chi connectivity index (χ4n) is 0.949. The van der Waals surface area contributed by atoms with Gasteiger partial charge >= 0.3 is 0 Å². The second-order valence-electron chi connectivity index (χ2n) is 3.27. The van der Waals surface area contributed by atoms with Gasteiger partial charge in [0, 0.05) is 13.2 Å². The molecule has 0 heterocycles. The smallest absolute Gasteiger partial charge is 0.0744 e. The zero-order valence-corrected chi connectivity index (χ0v) is 7.77. The Kier molecular flexibility index (Phi) is 4.17. The Morgan fingerprint density at radius 3 is 2.55 bits per heavy atom. The van der Waals surface area contributed by atoms with E-state index in [2.05, 4.69) is 11.2 Å². The van der Waals surface area contributed by atoms with Crippen LogP contribution in [0.15, 0.2) is 0 Å². The van der Waals surface area contributed by atoms with Crippen LogP contribution in [0.5, 0.6) is 0 Å². The molecule has 0 aromatic heterocycles. The molecule has 11 heavy (non-hydrogen) atoms. The van der Waals surface area contributed by atoms with E-state index in [-0.39, 0.29) is 5.54 Å². The third-order valence-electron chi connectivity index (χ3n) is 1.38. The van der Waals surface area contributed by atoms with E-state index in [1.165, 1.54) is 0 Å². The number of nitrogens with one attached hydrogen (secondary N) is 1. The van der Waals surface area contributed by atoms with Crippen molar-refractivity contribution < 1.29 is 4.74 Å². The Morgan fingerprint density at radius 1 is 1.64 bits per heavy atom. The van der Waals surface area contributed by atoms with Gasteiger partial charge in [0.15, 0.2) is 0 Å². The lowest BCUT2D eigenvalue weighted by atomic mass is 10.1. The highest BCUT2D eigenvalue weighted by molar-refractivity contribution is 5.07. The Balaban J connectivity index is 3.76. The van der Waals surface area contributed by atoms with E-state index in [4.69, 9.17) is 11.2 Å². The van der Waals surface area contributed by atoms with Crippen LogP contribution in [0.4, 0.5) is 0 Å². The summed E-state index contributed by atoms with van der Waals surface area (Å²) >= 11 is 0. The second kappa shape index (κ2) is 4.38. The van der Waals surface area contributed by atoms with Gasteiger partial charge in [-0.2, -0.15) is 0 Å². The minimum absolute atomic E-state index is 0.238. The molecule has 0 bridgehead atoms. The Hall–Kier alpha value is -0.520. The number of ether oxygens (including phenoxy) is 1. The van der Waals surface area contributed by atoms with Gasteiger partial charge in [-0.3, -0.25) is 5.32 Å². The molecule has 2 nitrogen and oxygen atoms in total. The number of methoxy groups -OCH3 is 1. The predicted molar refractivity (Wildman–Crippen MR) is 47.4 cm³/mol. The number of hydrogen-bond donors (Lipinski definition) is 1. The standard InChI is InChI=1S/C9H17NO/c1-6-9(3,4)10-8(2)7-11-5/h1,8,10H,7H2,2-5H3. The first-order valence-electron chi connectivity index (χ1n) is 3.76. The van der Waals surface area contributed by atoms with Crippen molar-refractivity contribution >= 4 is 0 Å². The second-order valence-corrected chi connectivity index (χ2v) is 3.27. The molecule has 2 heteroatoms. The first kappa shape index (κ1) is 10.5. The van der Waals surface area contributed by atoms with Crippen LogP contribution in [0, 0.1) is 12.3 Å². The van der Waals surface area contributed by atoms with Gasteiger partial charge in [-0.05, 0) is 20.8 Å². The van der Waals surface area contributed by atoms with Crippen LogP contribution in [0.1, 0.15) is 20.8 Å². The molecule has 0 aromatic carbocycles. The minimum atomic E-state index is -0.238. The van der Waals surface area contributed by atoms with E-state index in [9.17, 15) is 0 Å². The number of rotatable bonds is 4. The van der Waals surface area contributed by atoms with Gasteiger partial charge in [-0.15, -0.1) is 6.42 Å². The summed E-state index contributed by atoms with van der Waals surface area (Å²) in [4.78, 5) is 0. The molecule has 0 aliphatic rings. The highest BCUT2D eigenvalue weighted by Crippen LogP contribution is 2.00. The van der Waals surface area contributed by atoms with E-state index >= 15 is 0 Å². The van der Waals surface area contributed by atoms with Crippen molar-refractivity contribution in [3.8, 4) is 12.3 Å². The van der Waals surface area contributed by atoms with Crippen LogP contribution in [-0.2, 0) is 4.74 Å². The molecule has 0 aliphatic carbocycles. The van der Waals surface area contributed by atoms with E-state index in [0.717, 1.165) is 0 Å². The molecule has 0 aliphatic heterocycles. The average Bonchev–Trinajstić information content (AvgIpc) is 1.87. The van der Waals surface area contributed by atoms with Crippen molar-refractivity contribution in [2.24, 2.45) is 0 Å². The molecule has 0 spiro atoms. The molecule has 0 saturated heterocycles. The maximum absolute atomic E-state index is 5.30. The van der Waals surface area contributed by atoms with Crippen LogP contribution in [0.2, 0.25) is 0 Å². The Morgan fingerprint density at radius 2 is 2.18 bits per heavy atom. The largest absolute Gasteiger partial charge is 0.383 e. The van der Waals surface area contributed by atoms with Gasteiger partial charge in [0.25, 0.3) is 0 Å². The van der Waals surface area contributed by atoms with E-state index in [0.29, 0.717) is 12.6 Å². The maximum atomic E-state index is 5.30. The maximum Gasteiger partial charge on any atom is 0.0744 e. The average molecular weight is 155 g/mol. The van der Waals surface area contributed by atoms with Crippen LogP contribution < -0.4 is 5.32 Å². The summed E-state index contributed by atoms with van der Waals surface area (Å²) in [5.41, 5.74) is -0.238. The molecule has 0 radical (unpaired) electrons. The fraction of sp³-hybridized carbons (Fsp3) is 0.778. The lowest BCUT2D eigenvalue weighted by Crippen LogP contribution is -2.45. The van der Waals surface area contributed by atoms with E-state index in [1.54, 1.807) is 7.11 Å². The SMILES string of the molecule is C#CC(C)(C)NC(C)COC. The van der Waals surface area contributed by atoms with Crippen LogP contribution in [0.3, 0.4) is 0 Å². The molecular formula is C9H17NO. The molecule has 0 amide bonds. The quantitative estimate of drug-likeness (QED) is 0.612. The summed E-state index contributed by atoms with van der Waals surface area (Å²) in [6, 6.07) is 0.297. The summed E-state index contributed by atoms with van der Waals surface area (Å²) in [6.07, 6.45) is 5.30. The number of terminal acetylenes is 1. The minimum Gasteiger partial charge on any atom is -0.383 e. The predicted octanol–water partition coefficient (Wildman–Crippen LogP) is 1.02. The Labute approximate surface area is 69.3 Å². The molecule has 0 aromatic rings. The first-order chi connectivity index (χ1) is 5.02. The third kappa shape index (κ3) is 4.83. The lowest BCUT2D eigenvalue weighted by molar-refractivity contribution is 0.164. The van der Waals surface area contributed by atoms with Crippen LogP contribution in [-0.4, -0.2) is 25.3 Å². The molecule has 64 valence electrons. The lowest BCUT2D eigenvalue weighted by Gasteiger charge is -2.24. The van der Waals surface area contributed by atoms with Crippen molar-refractivity contribution in [3.63, 3.8) is 0 Å². The van der Waals surface area contributed by atoms with Crippen molar-refractivity contribution in [3.05, 3.63) is 0 Å². The van der Waals surface area contributed by atoms with Crippen molar-refractivity contribution in [2.75, 3.05) is 13.7 Å². The van der Waals surface area contributed by atoms with Crippen LogP contribution >= 0.6 is 0 Å². The summed E-state index contributed by atoms with van der Waals surface area (Å²) in [5, 5.41) is 3.25. The van der Waals surface area contributed by atoms with Crippen molar-refractivity contribution in [1.82, 2.24) is 5.32 Å². The monoisotopic (exact) mass is 155 g/mol. The molecule has 1 N–H and O–H groups in total. The van der Waals surface area contributed by atoms with E-state index < -0.39 is 0 Å². The highest BCUT2D eigenvalue weighted by Gasteiger charge is 2.15. The summed E-state index contributed by atoms with van der Waals surface area (Å²) in [6.45, 7) is 6.67. The molecular weight excluding hydrogens is 138 g/mol. The molecule has 1 atom stereocenters. The Bertz CT molecular complexity index is 146. The van der Waals surface area contributed by atoms with Gasteiger partial charge in [0.05, 0.1) is 12.1 Å². The molecule has 0 saturated carbocycles. The normalized spacial score (nSPS) is 14.1. The van der Waals surface area contributed by atoms with E-state index in [1.807, 2.05) is 20.8 Å². The van der Waals surface area contributed by atoms with Gasteiger partial charge in [0.1, 0.15) is 0 Å². The highest BCUT2D eigenvalue weighted by atomic mass is 16.5. The van der Waals surface area contributed by atoms with Gasteiger partial charge in [-0.1, -0.05) is 5.92 Å². The third-order valence-corrected chi connectivity index (χ3v) is 1.38. The van der Waals surface area contributed by atoms with Crippen molar-refractivity contribution in [2.45, 2.75) is 32.4 Å². The number of hydrogen-bond acceptors (Lipinski definition) is 2. The summed E-state index contributed by atoms with van der Waals surface area (Å²) < 4.78 is 4.96. The molecule has 0 rings (SSSR count). The van der Waals surface area contributed by atoms with Gasteiger partial charge < -0.3 is 4.74 Å². The summed E-state index contributed by atoms with van der Waals surface area (Å²) in [5.74, 6) is 2.66. The molecule has 1 unspecified atom stereocenters.